The lowest BCUT2D eigenvalue weighted by atomic mass is 10.1. The van der Waals surface area contributed by atoms with Crippen molar-refractivity contribution >= 4 is 23.4 Å². The van der Waals surface area contributed by atoms with Gasteiger partial charge >= 0.3 is 0 Å². The zero-order valence-corrected chi connectivity index (χ0v) is 16.3. The molecule has 8 heteroatoms. The summed E-state index contributed by atoms with van der Waals surface area (Å²) >= 11 is 0. The highest BCUT2D eigenvalue weighted by Crippen LogP contribution is 2.02. The number of benzene rings is 1. The highest BCUT2D eigenvalue weighted by Gasteiger charge is 2.19. The van der Waals surface area contributed by atoms with E-state index in [0.717, 1.165) is 0 Å². The maximum absolute atomic E-state index is 12.1. The van der Waals surface area contributed by atoms with E-state index in [4.69, 9.17) is 11.1 Å². The van der Waals surface area contributed by atoms with Crippen LogP contribution in [-0.2, 0) is 9.59 Å². The van der Waals surface area contributed by atoms with Gasteiger partial charge in [0.25, 0.3) is 5.96 Å². The van der Waals surface area contributed by atoms with Crippen molar-refractivity contribution in [1.82, 2.24) is 10.2 Å². The minimum atomic E-state index is -0.568. The van der Waals surface area contributed by atoms with E-state index in [1.807, 2.05) is 6.07 Å². The van der Waals surface area contributed by atoms with Gasteiger partial charge in [-0.2, -0.15) is 0 Å². The van der Waals surface area contributed by atoms with Gasteiger partial charge in [-0.15, -0.1) is 0 Å². The molecule has 6 N–H and O–H groups in total. The van der Waals surface area contributed by atoms with E-state index in [1.165, 1.54) is 6.92 Å². The lowest BCUT2D eigenvalue weighted by molar-refractivity contribution is -0.543. The molecule has 0 aromatic heterocycles. The maximum Gasteiger partial charge on any atom is 0.288 e. The Hall–Kier alpha value is -2.58. The molecule has 0 aliphatic heterocycles. The third-order valence-corrected chi connectivity index (χ3v) is 3.81. The predicted octanol–water partition coefficient (Wildman–Crippen LogP) is -0.438. The number of nitrogens with zero attached hydrogens (tertiary/aromatic N) is 1. The Morgan fingerprint density at radius 1 is 1.22 bits per heavy atom. The SMILES string of the molecule is CC(=O)[C@H](CCC[NH2+]C(=N)N)NC(=O)CN(C)CC(=O)c1ccccc1.[CH3-]. The molecule has 0 heterocycles. The first kappa shape index (κ1) is 24.4. The van der Waals surface area contributed by atoms with Crippen LogP contribution in [0.25, 0.3) is 0 Å². The molecule has 0 aliphatic carbocycles. The topological polar surface area (TPSA) is 133 Å². The van der Waals surface area contributed by atoms with Crippen LogP contribution in [0.1, 0.15) is 30.1 Å². The Balaban J connectivity index is 0.00000676. The van der Waals surface area contributed by atoms with E-state index in [9.17, 15) is 14.4 Å². The average Bonchev–Trinajstić information content (AvgIpc) is 2.57. The molecular formula is C19H31N5O3. The predicted molar refractivity (Wildman–Crippen MR) is 105 cm³/mol. The standard InChI is InChI=1S/C18H27N5O3.CH3/c1-13(24)15(9-6-10-21-18(19)20)22-17(26)12-23(2)11-16(25)14-7-4-3-5-8-14;/h3-5,7-8,15H,6,9-12H2,1-2H3,(H,22,26)(H4,19,20,21);1H3/q;-1/p+1/t15-;/m0./s1. The highest BCUT2D eigenvalue weighted by molar-refractivity contribution is 5.97. The first-order chi connectivity index (χ1) is 12.3. The van der Waals surface area contributed by atoms with Crippen molar-refractivity contribution in [2.75, 3.05) is 26.7 Å². The molecule has 1 amide bonds. The number of amides is 1. The van der Waals surface area contributed by atoms with Crippen LogP contribution in [0.3, 0.4) is 0 Å². The average molecular weight is 377 g/mol. The molecule has 1 aromatic carbocycles. The highest BCUT2D eigenvalue weighted by atomic mass is 16.2. The summed E-state index contributed by atoms with van der Waals surface area (Å²) in [4.78, 5) is 37.6. The second-order valence-electron chi connectivity index (χ2n) is 6.28. The number of carbonyl (C=O) groups excluding carboxylic acids is 3. The van der Waals surface area contributed by atoms with Gasteiger partial charge in [0, 0.05) is 5.56 Å². The normalized spacial score (nSPS) is 11.4. The second kappa shape index (κ2) is 12.7. The van der Waals surface area contributed by atoms with Gasteiger partial charge in [0.1, 0.15) is 0 Å². The van der Waals surface area contributed by atoms with Crippen molar-refractivity contribution in [2.45, 2.75) is 25.8 Å². The van der Waals surface area contributed by atoms with Crippen LogP contribution in [0.5, 0.6) is 0 Å². The van der Waals surface area contributed by atoms with Crippen LogP contribution in [0.2, 0.25) is 0 Å². The smallest absolute Gasteiger partial charge is 0.288 e. The lowest BCUT2D eigenvalue weighted by Crippen LogP contribution is -2.90. The molecule has 150 valence electrons. The van der Waals surface area contributed by atoms with E-state index in [1.54, 1.807) is 41.5 Å². The van der Waals surface area contributed by atoms with E-state index in [2.05, 4.69) is 5.32 Å². The quantitative estimate of drug-likeness (QED) is 0.136. The number of likely N-dealkylation sites (N-methyl/N-ethyl adjacent to an activating group) is 1. The zero-order valence-electron chi connectivity index (χ0n) is 16.3. The molecule has 1 atom stereocenters. The molecule has 8 nitrogen and oxygen atoms in total. The number of hydrogen-bond acceptors (Lipinski definition) is 5. The van der Waals surface area contributed by atoms with E-state index in [0.29, 0.717) is 24.9 Å². The van der Waals surface area contributed by atoms with Crippen molar-refractivity contribution in [3.8, 4) is 0 Å². The molecule has 27 heavy (non-hydrogen) atoms. The summed E-state index contributed by atoms with van der Waals surface area (Å²) in [6, 6.07) is 8.33. The molecule has 0 saturated carbocycles. The molecule has 0 fully saturated rings. The van der Waals surface area contributed by atoms with Crippen molar-refractivity contribution in [2.24, 2.45) is 5.73 Å². The summed E-state index contributed by atoms with van der Waals surface area (Å²) in [6.45, 7) is 2.17. The number of nitrogens with two attached hydrogens (primary N) is 2. The summed E-state index contributed by atoms with van der Waals surface area (Å²) in [6.07, 6.45) is 1.13. The number of quaternary nitrogens is 1. The van der Waals surface area contributed by atoms with Crippen LogP contribution in [0, 0.1) is 12.8 Å². The minimum absolute atomic E-state index is 0. The summed E-state index contributed by atoms with van der Waals surface area (Å²) in [5, 5.41) is 11.4. The van der Waals surface area contributed by atoms with Gasteiger partial charge in [-0.05, 0) is 26.8 Å². The Morgan fingerprint density at radius 2 is 1.85 bits per heavy atom. The molecule has 0 aliphatic rings. The molecular weight excluding hydrogens is 346 g/mol. The summed E-state index contributed by atoms with van der Waals surface area (Å²) < 4.78 is 0. The number of nitrogens with one attached hydrogen (secondary N) is 2. The van der Waals surface area contributed by atoms with Crippen LogP contribution < -0.4 is 16.4 Å². The number of Topliss-reactive ketones (excluding diaryl/α,β-unsaturated/α-hetero) is 2. The first-order valence-electron chi connectivity index (χ1n) is 8.53. The zero-order chi connectivity index (χ0) is 19.5. The van der Waals surface area contributed by atoms with Gasteiger partial charge in [-0.3, -0.25) is 24.6 Å². The molecule has 0 spiro atoms. The van der Waals surface area contributed by atoms with E-state index < -0.39 is 6.04 Å². The van der Waals surface area contributed by atoms with Gasteiger partial charge in [0.05, 0.1) is 25.7 Å². The molecule has 1 aromatic rings. The van der Waals surface area contributed by atoms with Crippen molar-refractivity contribution < 1.29 is 19.7 Å². The summed E-state index contributed by atoms with van der Waals surface area (Å²) in [5.74, 6) is -0.491. The Labute approximate surface area is 161 Å². The van der Waals surface area contributed by atoms with Crippen molar-refractivity contribution in [1.29, 1.82) is 5.41 Å². The Kier molecular flexibility index (Phi) is 11.5. The Morgan fingerprint density at radius 3 is 2.41 bits per heavy atom. The van der Waals surface area contributed by atoms with Gasteiger partial charge < -0.3 is 18.5 Å². The van der Waals surface area contributed by atoms with Gasteiger partial charge in [-0.1, -0.05) is 30.3 Å². The third-order valence-electron chi connectivity index (χ3n) is 3.81. The van der Waals surface area contributed by atoms with Crippen molar-refractivity contribution in [3.63, 3.8) is 0 Å². The van der Waals surface area contributed by atoms with Crippen LogP contribution in [-0.4, -0.2) is 61.1 Å². The number of hydrogen-bond donors (Lipinski definition) is 4. The van der Waals surface area contributed by atoms with Gasteiger partial charge in [0.15, 0.2) is 11.6 Å². The molecule has 0 radical (unpaired) electrons. The second-order valence-corrected chi connectivity index (χ2v) is 6.28. The molecule has 0 unspecified atom stereocenters. The number of guanidine groups is 1. The number of ketones is 2. The summed E-state index contributed by atoms with van der Waals surface area (Å²) in [7, 11) is 1.69. The molecule has 0 saturated heterocycles. The van der Waals surface area contributed by atoms with Crippen molar-refractivity contribution in [3.05, 3.63) is 43.3 Å². The first-order valence-corrected chi connectivity index (χ1v) is 8.53. The maximum atomic E-state index is 12.1. The van der Waals surface area contributed by atoms with E-state index >= 15 is 0 Å². The van der Waals surface area contributed by atoms with Crippen LogP contribution >= 0.6 is 0 Å². The fraction of sp³-hybridized carbons (Fsp3) is 0.421. The monoisotopic (exact) mass is 377 g/mol. The number of carbonyl (C=O) groups is 3. The van der Waals surface area contributed by atoms with E-state index in [-0.39, 0.29) is 43.9 Å². The van der Waals surface area contributed by atoms with Crippen LogP contribution in [0.15, 0.2) is 30.3 Å². The van der Waals surface area contributed by atoms with Gasteiger partial charge in [-0.25, -0.2) is 5.41 Å². The third kappa shape index (κ3) is 10.2. The van der Waals surface area contributed by atoms with Gasteiger partial charge in [0.2, 0.25) is 5.91 Å². The number of rotatable bonds is 11. The lowest BCUT2D eigenvalue weighted by Gasteiger charge is -2.19. The Bertz CT molecular complexity index is 633. The fourth-order valence-electron chi connectivity index (χ4n) is 2.46. The molecule has 1 rings (SSSR count). The summed E-state index contributed by atoms with van der Waals surface area (Å²) in [5.41, 5.74) is 5.84. The largest absolute Gasteiger partial charge is 0.358 e. The molecule has 0 bridgehead atoms. The van der Waals surface area contributed by atoms with Crippen LogP contribution in [0.4, 0.5) is 0 Å². The fourth-order valence-corrected chi connectivity index (χ4v) is 2.46. The minimum Gasteiger partial charge on any atom is -0.358 e.